The van der Waals surface area contributed by atoms with Gasteiger partial charge in [0.15, 0.2) is 0 Å². The van der Waals surface area contributed by atoms with E-state index in [9.17, 15) is 8.42 Å². The molecule has 7 nitrogen and oxygen atoms in total. The first-order valence-corrected chi connectivity index (χ1v) is 8.08. The molecule has 2 aromatic heterocycles. The summed E-state index contributed by atoms with van der Waals surface area (Å²) in [6.07, 6.45) is 1.39. The van der Waals surface area contributed by atoms with E-state index in [1.54, 1.807) is 13.0 Å². The Hall–Kier alpha value is -1.64. The van der Waals surface area contributed by atoms with Crippen molar-refractivity contribution in [1.29, 1.82) is 0 Å². The van der Waals surface area contributed by atoms with Gasteiger partial charge in [-0.3, -0.25) is 0 Å². The Morgan fingerprint density at radius 3 is 2.71 bits per heavy atom. The SMILES string of the molecule is Cc1oc(CNC(C)C)cc1S(=O)(=O)NCc1ccon1. The maximum Gasteiger partial charge on any atom is 0.244 e. The quantitative estimate of drug-likeness (QED) is 0.805. The van der Waals surface area contributed by atoms with E-state index in [0.717, 1.165) is 0 Å². The second-order valence-corrected chi connectivity index (χ2v) is 6.72. The Bertz CT molecular complexity index is 674. The van der Waals surface area contributed by atoms with Crippen LogP contribution in [-0.4, -0.2) is 19.6 Å². The van der Waals surface area contributed by atoms with Crippen molar-refractivity contribution in [3.8, 4) is 0 Å². The molecule has 0 amide bonds. The fourth-order valence-corrected chi connectivity index (χ4v) is 2.96. The predicted octanol–water partition coefficient (Wildman–Crippen LogP) is 1.55. The van der Waals surface area contributed by atoms with Gasteiger partial charge in [-0.25, -0.2) is 13.1 Å². The van der Waals surface area contributed by atoms with Gasteiger partial charge in [0.2, 0.25) is 10.0 Å². The lowest BCUT2D eigenvalue weighted by atomic mass is 10.3. The minimum atomic E-state index is -3.64. The minimum Gasteiger partial charge on any atom is -0.464 e. The van der Waals surface area contributed by atoms with E-state index >= 15 is 0 Å². The normalized spacial score (nSPS) is 12.2. The number of nitrogens with one attached hydrogen (secondary N) is 2. The highest BCUT2D eigenvalue weighted by Gasteiger charge is 2.21. The minimum absolute atomic E-state index is 0.0725. The Morgan fingerprint density at radius 1 is 1.33 bits per heavy atom. The summed E-state index contributed by atoms with van der Waals surface area (Å²) in [5.41, 5.74) is 0.515. The van der Waals surface area contributed by atoms with Gasteiger partial charge in [-0.2, -0.15) is 0 Å². The Labute approximate surface area is 123 Å². The highest BCUT2D eigenvalue weighted by Crippen LogP contribution is 2.20. The molecule has 0 radical (unpaired) electrons. The third kappa shape index (κ3) is 4.16. The van der Waals surface area contributed by atoms with Crippen molar-refractivity contribution < 1.29 is 17.4 Å². The molecule has 2 N–H and O–H groups in total. The number of sulfonamides is 1. The number of rotatable bonds is 7. The van der Waals surface area contributed by atoms with Gasteiger partial charge >= 0.3 is 0 Å². The summed E-state index contributed by atoms with van der Waals surface area (Å²) in [5, 5.41) is 6.83. The van der Waals surface area contributed by atoms with Crippen LogP contribution in [0.1, 0.15) is 31.1 Å². The van der Waals surface area contributed by atoms with Gasteiger partial charge in [0.25, 0.3) is 0 Å². The summed E-state index contributed by atoms with van der Waals surface area (Å²) >= 11 is 0. The molecule has 0 aliphatic heterocycles. The molecule has 2 aromatic rings. The lowest BCUT2D eigenvalue weighted by Crippen LogP contribution is -2.23. The summed E-state index contributed by atoms with van der Waals surface area (Å²) in [7, 11) is -3.64. The largest absolute Gasteiger partial charge is 0.464 e. The van der Waals surface area contributed by atoms with Crippen molar-refractivity contribution in [3.63, 3.8) is 0 Å². The van der Waals surface area contributed by atoms with Crippen LogP contribution in [0.5, 0.6) is 0 Å². The molecule has 0 unspecified atom stereocenters. The van der Waals surface area contributed by atoms with Crippen molar-refractivity contribution in [2.75, 3.05) is 0 Å². The van der Waals surface area contributed by atoms with Gasteiger partial charge in [0.1, 0.15) is 22.7 Å². The second-order valence-electron chi connectivity index (χ2n) is 4.98. The number of aromatic nitrogens is 1. The van der Waals surface area contributed by atoms with Gasteiger partial charge < -0.3 is 14.3 Å². The van der Waals surface area contributed by atoms with Gasteiger partial charge in [0, 0.05) is 18.2 Å². The maximum absolute atomic E-state index is 12.2. The summed E-state index contributed by atoms with van der Waals surface area (Å²) in [6.45, 7) is 6.20. The lowest BCUT2D eigenvalue weighted by molar-refractivity contribution is 0.411. The van der Waals surface area contributed by atoms with Crippen LogP contribution < -0.4 is 10.0 Å². The van der Waals surface area contributed by atoms with E-state index in [0.29, 0.717) is 29.8 Å². The number of furan rings is 1. The Balaban J connectivity index is 2.08. The average molecular weight is 313 g/mol. The molecule has 0 atom stereocenters. The highest BCUT2D eigenvalue weighted by atomic mass is 32.2. The molecular formula is C13H19N3O4S. The van der Waals surface area contributed by atoms with E-state index in [-0.39, 0.29) is 11.4 Å². The molecule has 8 heteroatoms. The molecular weight excluding hydrogens is 294 g/mol. The van der Waals surface area contributed by atoms with Crippen molar-refractivity contribution in [2.45, 2.75) is 44.8 Å². The predicted molar refractivity (Wildman–Crippen MR) is 75.9 cm³/mol. The molecule has 0 aliphatic rings. The van der Waals surface area contributed by atoms with Crippen LogP contribution in [0.2, 0.25) is 0 Å². The number of nitrogens with zero attached hydrogens (tertiary/aromatic N) is 1. The number of aryl methyl sites for hydroxylation is 1. The van der Waals surface area contributed by atoms with Crippen LogP contribution in [0.3, 0.4) is 0 Å². The van der Waals surface area contributed by atoms with Gasteiger partial charge in [-0.1, -0.05) is 19.0 Å². The first-order chi connectivity index (χ1) is 9.88. The molecule has 0 spiro atoms. The van der Waals surface area contributed by atoms with Gasteiger partial charge in [-0.15, -0.1) is 0 Å². The van der Waals surface area contributed by atoms with Crippen LogP contribution in [0, 0.1) is 6.92 Å². The van der Waals surface area contributed by atoms with Crippen molar-refractivity contribution in [1.82, 2.24) is 15.2 Å². The molecule has 0 saturated heterocycles. The standard InChI is InChI=1S/C13H19N3O4S/c1-9(2)14-8-12-6-13(10(3)20-12)21(17,18)15-7-11-4-5-19-16-11/h4-6,9,14-15H,7-8H2,1-3H3. The molecule has 0 aromatic carbocycles. The maximum atomic E-state index is 12.2. The highest BCUT2D eigenvalue weighted by molar-refractivity contribution is 7.89. The molecule has 0 fully saturated rings. The zero-order valence-corrected chi connectivity index (χ0v) is 13.0. The smallest absolute Gasteiger partial charge is 0.244 e. The Morgan fingerprint density at radius 2 is 2.10 bits per heavy atom. The molecule has 21 heavy (non-hydrogen) atoms. The Kier molecular flexibility index (Phi) is 4.81. The molecule has 0 bridgehead atoms. The van der Waals surface area contributed by atoms with Crippen LogP contribution in [0.15, 0.2) is 32.2 Å². The molecule has 0 aliphatic carbocycles. The van der Waals surface area contributed by atoms with E-state index in [2.05, 4.69) is 19.7 Å². The van der Waals surface area contributed by atoms with Crippen LogP contribution in [0.4, 0.5) is 0 Å². The average Bonchev–Trinajstić information content (AvgIpc) is 3.03. The summed E-state index contributed by atoms with van der Waals surface area (Å²) in [5.74, 6) is 0.950. The molecule has 116 valence electrons. The summed E-state index contributed by atoms with van der Waals surface area (Å²) in [6, 6.07) is 3.43. The summed E-state index contributed by atoms with van der Waals surface area (Å²) in [4.78, 5) is 0.145. The second kappa shape index (κ2) is 6.42. The third-order valence-electron chi connectivity index (χ3n) is 2.83. The van der Waals surface area contributed by atoms with E-state index in [4.69, 9.17) is 4.42 Å². The fourth-order valence-electron chi connectivity index (χ4n) is 1.76. The van der Waals surface area contributed by atoms with E-state index < -0.39 is 10.0 Å². The van der Waals surface area contributed by atoms with Gasteiger partial charge in [-0.05, 0) is 6.92 Å². The van der Waals surface area contributed by atoms with Gasteiger partial charge in [0.05, 0.1) is 18.8 Å². The van der Waals surface area contributed by atoms with Crippen molar-refractivity contribution >= 4 is 10.0 Å². The number of hydrogen-bond acceptors (Lipinski definition) is 6. The summed E-state index contributed by atoms with van der Waals surface area (Å²) < 4.78 is 37.1. The topological polar surface area (TPSA) is 97.4 Å². The fraction of sp³-hybridized carbons (Fsp3) is 0.462. The van der Waals surface area contributed by atoms with Crippen LogP contribution >= 0.6 is 0 Å². The monoisotopic (exact) mass is 313 g/mol. The van der Waals surface area contributed by atoms with E-state index in [1.807, 2.05) is 13.8 Å². The first kappa shape index (κ1) is 15.7. The number of hydrogen-bond donors (Lipinski definition) is 2. The zero-order chi connectivity index (χ0) is 15.5. The van der Waals surface area contributed by atoms with Crippen LogP contribution in [-0.2, 0) is 23.1 Å². The first-order valence-electron chi connectivity index (χ1n) is 6.60. The van der Waals surface area contributed by atoms with Crippen molar-refractivity contribution in [3.05, 3.63) is 35.6 Å². The van der Waals surface area contributed by atoms with Crippen molar-refractivity contribution in [2.24, 2.45) is 0 Å². The molecule has 2 heterocycles. The molecule has 2 rings (SSSR count). The zero-order valence-electron chi connectivity index (χ0n) is 12.2. The lowest BCUT2D eigenvalue weighted by Gasteiger charge is -2.04. The molecule has 0 saturated carbocycles. The van der Waals surface area contributed by atoms with E-state index in [1.165, 1.54) is 12.3 Å². The third-order valence-corrected chi connectivity index (χ3v) is 4.34. The van der Waals surface area contributed by atoms with Crippen LogP contribution in [0.25, 0.3) is 0 Å².